The molecule has 7 nitrogen and oxygen atoms in total. The molecule has 1 amide bonds. The Morgan fingerprint density at radius 1 is 1.00 bits per heavy atom. The smallest absolute Gasteiger partial charge is 0.253 e. The predicted molar refractivity (Wildman–Crippen MR) is 116 cm³/mol. The molecule has 3 heterocycles. The van der Waals surface area contributed by atoms with Crippen LogP contribution in [0.5, 0.6) is 0 Å². The van der Waals surface area contributed by atoms with Gasteiger partial charge in [-0.15, -0.1) is 11.3 Å². The average Bonchev–Trinajstić information content (AvgIpc) is 3.42. The second-order valence-corrected chi connectivity index (χ2v) is 12.8. The number of carbonyl (C=O) groups excluding carboxylic acids is 1. The summed E-state index contributed by atoms with van der Waals surface area (Å²) in [5.74, 6) is -0.356. The van der Waals surface area contributed by atoms with E-state index >= 15 is 0 Å². The number of thiophene rings is 1. The summed E-state index contributed by atoms with van der Waals surface area (Å²) < 4.78 is 52.1. The number of sulfonamides is 1. The average molecular weight is 469 g/mol. The van der Waals surface area contributed by atoms with Gasteiger partial charge in [0, 0.05) is 36.6 Å². The lowest BCUT2D eigenvalue weighted by Gasteiger charge is -2.20. The molecule has 1 aromatic heterocycles. The van der Waals surface area contributed by atoms with E-state index in [1.807, 2.05) is 17.5 Å². The van der Waals surface area contributed by atoms with Gasteiger partial charge in [0.05, 0.1) is 15.9 Å². The lowest BCUT2D eigenvalue weighted by Crippen LogP contribution is -2.33. The van der Waals surface area contributed by atoms with E-state index in [2.05, 4.69) is 0 Å². The van der Waals surface area contributed by atoms with Gasteiger partial charge in [0.15, 0.2) is 9.84 Å². The van der Waals surface area contributed by atoms with Crippen molar-refractivity contribution in [3.63, 3.8) is 0 Å². The largest absolute Gasteiger partial charge is 0.338 e. The number of sulfone groups is 1. The molecule has 0 spiro atoms. The van der Waals surface area contributed by atoms with Gasteiger partial charge in [0.2, 0.25) is 10.0 Å². The highest BCUT2D eigenvalue weighted by Crippen LogP contribution is 2.32. The van der Waals surface area contributed by atoms with E-state index in [9.17, 15) is 21.6 Å². The third-order valence-electron chi connectivity index (χ3n) is 5.69. The summed E-state index contributed by atoms with van der Waals surface area (Å²) in [6.07, 6.45) is 2.08. The van der Waals surface area contributed by atoms with Crippen LogP contribution in [0.15, 0.2) is 46.7 Å². The van der Waals surface area contributed by atoms with Crippen molar-refractivity contribution in [3.05, 3.63) is 52.2 Å². The van der Waals surface area contributed by atoms with E-state index in [4.69, 9.17) is 0 Å². The molecule has 1 atom stereocenters. The number of hydrogen-bond acceptors (Lipinski definition) is 6. The Balaban J connectivity index is 1.49. The second kappa shape index (κ2) is 8.41. The standard InChI is InChI=1S/C20H24N2O5S3/c23-20(16-5-7-17(8-6-16)30(26,27)22-10-1-2-11-22)21-12-9-19(18-4-3-14-28-18)29(24,25)15-13-21/h3-8,14,19H,1-2,9-13,15H2. The molecular formula is C20H24N2O5S3. The van der Waals surface area contributed by atoms with Crippen molar-refractivity contribution in [2.75, 3.05) is 31.9 Å². The molecule has 4 rings (SSSR count). The van der Waals surface area contributed by atoms with E-state index in [0.717, 1.165) is 17.7 Å². The summed E-state index contributed by atoms with van der Waals surface area (Å²) in [4.78, 5) is 15.5. The zero-order valence-corrected chi connectivity index (χ0v) is 18.9. The summed E-state index contributed by atoms with van der Waals surface area (Å²) in [5.41, 5.74) is 0.363. The van der Waals surface area contributed by atoms with Crippen LogP contribution >= 0.6 is 11.3 Å². The maximum atomic E-state index is 12.9. The van der Waals surface area contributed by atoms with Crippen molar-refractivity contribution in [2.24, 2.45) is 0 Å². The van der Waals surface area contributed by atoms with Crippen LogP contribution in [-0.2, 0) is 19.9 Å². The number of amides is 1. The molecule has 30 heavy (non-hydrogen) atoms. The maximum Gasteiger partial charge on any atom is 0.253 e. The van der Waals surface area contributed by atoms with Gasteiger partial charge in [0.1, 0.15) is 0 Å². The summed E-state index contributed by atoms with van der Waals surface area (Å²) in [6.45, 7) is 1.53. The topological polar surface area (TPSA) is 91.8 Å². The van der Waals surface area contributed by atoms with Gasteiger partial charge in [0.25, 0.3) is 5.91 Å². The van der Waals surface area contributed by atoms with Gasteiger partial charge >= 0.3 is 0 Å². The highest BCUT2D eigenvalue weighted by Gasteiger charge is 2.33. The summed E-state index contributed by atoms with van der Waals surface area (Å²) in [5, 5.41) is 1.28. The number of nitrogens with zero attached hydrogens (tertiary/aromatic N) is 2. The molecule has 0 saturated carbocycles. The number of hydrogen-bond donors (Lipinski definition) is 0. The monoisotopic (exact) mass is 468 g/mol. The van der Waals surface area contributed by atoms with Gasteiger partial charge in [-0.25, -0.2) is 16.8 Å². The summed E-state index contributed by atoms with van der Waals surface area (Å²) in [6, 6.07) is 9.61. The zero-order chi connectivity index (χ0) is 21.4. The van der Waals surface area contributed by atoms with Crippen LogP contribution in [0, 0.1) is 0 Å². The second-order valence-electron chi connectivity index (χ2n) is 7.59. The fourth-order valence-electron chi connectivity index (χ4n) is 3.97. The highest BCUT2D eigenvalue weighted by molar-refractivity contribution is 7.91. The molecule has 2 aliphatic heterocycles. The van der Waals surface area contributed by atoms with E-state index in [-0.39, 0.29) is 23.1 Å². The Hall–Kier alpha value is -1.75. The summed E-state index contributed by atoms with van der Waals surface area (Å²) in [7, 11) is -6.86. The minimum absolute atomic E-state index is 0.0806. The third kappa shape index (κ3) is 4.18. The molecular weight excluding hydrogens is 444 g/mol. The minimum Gasteiger partial charge on any atom is -0.338 e. The maximum absolute atomic E-state index is 12.9. The molecule has 1 unspecified atom stereocenters. The molecule has 0 bridgehead atoms. The van der Waals surface area contributed by atoms with Crippen LogP contribution in [0.25, 0.3) is 0 Å². The minimum atomic E-state index is -3.53. The van der Waals surface area contributed by atoms with Gasteiger partial charge in [-0.05, 0) is 55.0 Å². The lowest BCUT2D eigenvalue weighted by molar-refractivity contribution is 0.0766. The van der Waals surface area contributed by atoms with Crippen molar-refractivity contribution in [3.8, 4) is 0 Å². The zero-order valence-electron chi connectivity index (χ0n) is 16.4. The van der Waals surface area contributed by atoms with Crippen LogP contribution in [-0.4, -0.2) is 63.9 Å². The van der Waals surface area contributed by atoms with Crippen molar-refractivity contribution in [1.29, 1.82) is 0 Å². The van der Waals surface area contributed by atoms with Crippen LogP contribution in [0.4, 0.5) is 0 Å². The molecule has 0 N–H and O–H groups in total. The van der Waals surface area contributed by atoms with Crippen LogP contribution in [0.2, 0.25) is 0 Å². The number of rotatable bonds is 4. The third-order valence-corrected chi connectivity index (χ3v) is 10.8. The lowest BCUT2D eigenvalue weighted by atomic mass is 10.2. The molecule has 2 fully saturated rings. The van der Waals surface area contributed by atoms with E-state index < -0.39 is 25.1 Å². The van der Waals surface area contributed by atoms with Crippen LogP contribution < -0.4 is 0 Å². The molecule has 0 radical (unpaired) electrons. The fourth-order valence-corrected chi connectivity index (χ4v) is 8.49. The molecule has 2 aromatic rings. The first-order valence-corrected chi connectivity index (χ1v) is 14.0. The fraction of sp³-hybridized carbons (Fsp3) is 0.450. The Bertz CT molecular complexity index is 1100. The van der Waals surface area contributed by atoms with Crippen molar-refractivity contribution in [1.82, 2.24) is 9.21 Å². The van der Waals surface area contributed by atoms with Crippen LogP contribution in [0.1, 0.15) is 39.7 Å². The Labute approximate surface area is 181 Å². The summed E-state index contributed by atoms with van der Waals surface area (Å²) >= 11 is 1.42. The van der Waals surface area contributed by atoms with E-state index in [0.29, 0.717) is 31.6 Å². The number of carbonyl (C=O) groups is 1. The van der Waals surface area contributed by atoms with Crippen LogP contribution in [0.3, 0.4) is 0 Å². The van der Waals surface area contributed by atoms with Gasteiger partial charge in [-0.1, -0.05) is 6.07 Å². The van der Waals surface area contributed by atoms with Gasteiger partial charge < -0.3 is 4.90 Å². The predicted octanol–water partition coefficient (Wildman–Crippen LogP) is 2.53. The van der Waals surface area contributed by atoms with E-state index in [1.54, 1.807) is 4.90 Å². The molecule has 2 aliphatic rings. The first-order valence-electron chi connectivity index (χ1n) is 9.93. The molecule has 2 saturated heterocycles. The van der Waals surface area contributed by atoms with Gasteiger partial charge in [-0.2, -0.15) is 4.31 Å². The molecule has 0 aliphatic carbocycles. The highest BCUT2D eigenvalue weighted by atomic mass is 32.2. The normalized spacial score (nSPS) is 22.7. The van der Waals surface area contributed by atoms with E-state index in [1.165, 1.54) is 39.9 Å². The molecule has 1 aromatic carbocycles. The van der Waals surface area contributed by atoms with Crippen molar-refractivity contribution < 1.29 is 21.6 Å². The quantitative estimate of drug-likeness (QED) is 0.688. The molecule has 10 heteroatoms. The Kier molecular flexibility index (Phi) is 6.02. The van der Waals surface area contributed by atoms with Gasteiger partial charge in [-0.3, -0.25) is 4.79 Å². The Morgan fingerprint density at radius 2 is 1.70 bits per heavy atom. The van der Waals surface area contributed by atoms with Crippen molar-refractivity contribution in [2.45, 2.75) is 29.4 Å². The first kappa shape index (κ1) is 21.5. The Morgan fingerprint density at radius 3 is 2.33 bits per heavy atom. The first-order chi connectivity index (χ1) is 14.3. The van der Waals surface area contributed by atoms with Crippen molar-refractivity contribution >= 4 is 37.1 Å². The SMILES string of the molecule is O=C(c1ccc(S(=O)(=O)N2CCCC2)cc1)N1CCC(c2cccs2)S(=O)(=O)CC1. The number of benzene rings is 1. The molecule has 162 valence electrons.